The molecule has 5 nitrogen and oxygen atoms in total. The minimum absolute atomic E-state index is 0.320. The fourth-order valence-electron chi connectivity index (χ4n) is 7.33. The third-order valence-corrected chi connectivity index (χ3v) is 10.9. The number of nitrogens with zero attached hydrogens (tertiary/aromatic N) is 3. The minimum atomic E-state index is -0.320. The van der Waals surface area contributed by atoms with Crippen LogP contribution >= 0.6 is 11.8 Å². The van der Waals surface area contributed by atoms with Gasteiger partial charge >= 0.3 is 0 Å². The molecule has 0 radical (unpaired) electrons. The van der Waals surface area contributed by atoms with Crippen LogP contribution in [0.1, 0.15) is 25.2 Å². The molecule has 5 aromatic carbocycles. The standard InChI is InChI=1S/C43H29N3O2S/c1-43(2)32-20-10-13-23-35(32)49-40-31-25-37(45-38(39(31)48-41(40)43)26-14-4-3-5-15-26)47-42-28-17-7-6-16-27(28)24-36(44-42)46-33-21-11-8-18-29(33)30-19-9-12-22-34(30)46/h3-25H,1-2H3. The van der Waals surface area contributed by atoms with Gasteiger partial charge in [-0.2, -0.15) is 4.98 Å². The second-order valence-electron chi connectivity index (χ2n) is 13.0. The molecule has 0 amide bonds. The molecule has 49 heavy (non-hydrogen) atoms. The third kappa shape index (κ3) is 4.27. The molecule has 0 fully saturated rings. The van der Waals surface area contributed by atoms with Crippen molar-refractivity contribution in [1.29, 1.82) is 0 Å². The highest BCUT2D eigenvalue weighted by atomic mass is 32.2. The number of hydrogen-bond acceptors (Lipinski definition) is 5. The molecule has 0 bridgehead atoms. The molecular weight excluding hydrogens is 623 g/mol. The summed E-state index contributed by atoms with van der Waals surface area (Å²) < 4.78 is 15.9. The van der Waals surface area contributed by atoms with E-state index in [1.165, 1.54) is 21.2 Å². The normalized spacial score (nSPS) is 13.6. The molecule has 234 valence electrons. The van der Waals surface area contributed by atoms with Crippen LogP contribution in [0.15, 0.2) is 154 Å². The molecule has 0 aliphatic carbocycles. The summed E-state index contributed by atoms with van der Waals surface area (Å²) in [6, 6.07) is 48.1. The zero-order valence-corrected chi connectivity index (χ0v) is 27.7. The zero-order valence-electron chi connectivity index (χ0n) is 26.8. The van der Waals surface area contributed by atoms with Gasteiger partial charge in [-0.05, 0) is 55.1 Å². The molecule has 0 unspecified atom stereocenters. The van der Waals surface area contributed by atoms with E-state index in [2.05, 4.69) is 122 Å². The Bertz CT molecular complexity index is 2710. The first-order valence-electron chi connectivity index (χ1n) is 16.4. The van der Waals surface area contributed by atoms with Crippen LogP contribution in [0.3, 0.4) is 0 Å². The Balaban J connectivity index is 1.20. The topological polar surface area (TPSA) is 53.1 Å². The van der Waals surface area contributed by atoms with Crippen LogP contribution in [0.2, 0.25) is 0 Å². The van der Waals surface area contributed by atoms with Gasteiger partial charge in [-0.25, -0.2) is 4.98 Å². The number of rotatable bonds is 4. The van der Waals surface area contributed by atoms with Gasteiger partial charge in [0.1, 0.15) is 17.3 Å². The number of benzene rings is 5. The van der Waals surface area contributed by atoms with E-state index in [0.717, 1.165) is 60.5 Å². The van der Waals surface area contributed by atoms with E-state index in [9.17, 15) is 0 Å². The summed E-state index contributed by atoms with van der Waals surface area (Å²) in [7, 11) is 0. The maximum Gasteiger partial charge on any atom is 0.231 e. The van der Waals surface area contributed by atoms with E-state index in [4.69, 9.17) is 19.1 Å². The van der Waals surface area contributed by atoms with Crippen molar-refractivity contribution in [2.24, 2.45) is 0 Å². The molecule has 5 heterocycles. The number of ether oxygens (including phenoxy) is 1. The Morgan fingerprint density at radius 1 is 0.653 bits per heavy atom. The Morgan fingerprint density at radius 2 is 1.31 bits per heavy atom. The van der Waals surface area contributed by atoms with Crippen LogP contribution in [0.25, 0.3) is 60.6 Å². The summed E-state index contributed by atoms with van der Waals surface area (Å²) in [5, 5.41) is 5.29. The van der Waals surface area contributed by atoms with Gasteiger partial charge in [0.25, 0.3) is 0 Å². The largest absolute Gasteiger partial charge is 0.457 e. The van der Waals surface area contributed by atoms with Crippen molar-refractivity contribution in [1.82, 2.24) is 14.5 Å². The fourth-order valence-corrected chi connectivity index (χ4v) is 8.78. The molecule has 1 aliphatic heterocycles. The Labute approximate surface area is 286 Å². The van der Waals surface area contributed by atoms with Gasteiger partial charge in [-0.3, -0.25) is 4.57 Å². The Morgan fingerprint density at radius 3 is 2.08 bits per heavy atom. The molecule has 0 spiro atoms. The molecule has 1 aliphatic rings. The van der Waals surface area contributed by atoms with Crippen molar-refractivity contribution in [3.8, 4) is 28.8 Å². The van der Waals surface area contributed by atoms with Gasteiger partial charge in [0.05, 0.1) is 21.3 Å². The molecule has 0 saturated heterocycles. The van der Waals surface area contributed by atoms with Crippen molar-refractivity contribution in [2.75, 3.05) is 0 Å². The van der Waals surface area contributed by atoms with E-state index in [1.807, 2.05) is 36.4 Å². The van der Waals surface area contributed by atoms with Gasteiger partial charge in [-0.1, -0.05) is 115 Å². The third-order valence-electron chi connectivity index (χ3n) is 9.69. The summed E-state index contributed by atoms with van der Waals surface area (Å²) in [6.45, 7) is 4.46. The molecule has 0 N–H and O–H groups in total. The first-order valence-corrected chi connectivity index (χ1v) is 17.2. The molecule has 0 atom stereocenters. The maximum absolute atomic E-state index is 6.82. The van der Waals surface area contributed by atoms with E-state index in [-0.39, 0.29) is 5.41 Å². The SMILES string of the molecule is CC1(C)c2ccccc2Sc2c1oc1c(-c3ccccc3)nc(Oc3nc(-n4c5ccccc5c5ccccc54)cc4ccccc34)cc21. The van der Waals surface area contributed by atoms with Gasteiger partial charge < -0.3 is 9.15 Å². The highest BCUT2D eigenvalue weighted by molar-refractivity contribution is 7.99. The van der Waals surface area contributed by atoms with Crippen LogP contribution in [-0.2, 0) is 5.41 Å². The van der Waals surface area contributed by atoms with Gasteiger partial charge in [0, 0.05) is 38.1 Å². The summed E-state index contributed by atoms with van der Waals surface area (Å²) in [5.74, 6) is 2.69. The van der Waals surface area contributed by atoms with E-state index in [0.29, 0.717) is 11.8 Å². The highest BCUT2D eigenvalue weighted by Crippen LogP contribution is 2.54. The Kier molecular flexibility index (Phi) is 6.08. The molecular formula is C43H29N3O2S. The lowest BCUT2D eigenvalue weighted by molar-refractivity contribution is 0.432. The van der Waals surface area contributed by atoms with Crippen molar-refractivity contribution in [2.45, 2.75) is 29.1 Å². The highest BCUT2D eigenvalue weighted by Gasteiger charge is 2.38. The van der Waals surface area contributed by atoms with Crippen LogP contribution < -0.4 is 4.74 Å². The lowest BCUT2D eigenvalue weighted by Gasteiger charge is -2.30. The smallest absolute Gasteiger partial charge is 0.231 e. The number of fused-ring (bicyclic) bond motifs is 8. The molecule has 6 heteroatoms. The average molecular weight is 652 g/mol. The first kappa shape index (κ1) is 28.2. The number of pyridine rings is 2. The second-order valence-corrected chi connectivity index (χ2v) is 14.1. The first-order chi connectivity index (χ1) is 24.0. The summed E-state index contributed by atoms with van der Waals surface area (Å²) in [6.07, 6.45) is 0. The second kappa shape index (κ2) is 10.6. The quantitative estimate of drug-likeness (QED) is 0.190. The van der Waals surface area contributed by atoms with E-state index < -0.39 is 0 Å². The maximum atomic E-state index is 6.82. The lowest BCUT2D eigenvalue weighted by atomic mass is 9.81. The number of furan rings is 1. The zero-order chi connectivity index (χ0) is 32.7. The predicted molar refractivity (Wildman–Crippen MR) is 198 cm³/mol. The summed E-state index contributed by atoms with van der Waals surface area (Å²) in [5.41, 5.74) is 5.58. The summed E-state index contributed by atoms with van der Waals surface area (Å²) >= 11 is 1.75. The Hall–Kier alpha value is -5.85. The molecule has 10 rings (SSSR count). The average Bonchev–Trinajstić information content (AvgIpc) is 3.68. The van der Waals surface area contributed by atoms with Crippen molar-refractivity contribution in [3.63, 3.8) is 0 Å². The van der Waals surface area contributed by atoms with Crippen LogP contribution in [0.4, 0.5) is 0 Å². The molecule has 4 aromatic heterocycles. The van der Waals surface area contributed by atoms with E-state index >= 15 is 0 Å². The minimum Gasteiger partial charge on any atom is -0.457 e. The van der Waals surface area contributed by atoms with Gasteiger partial charge in [0.15, 0.2) is 5.58 Å². The van der Waals surface area contributed by atoms with E-state index in [1.54, 1.807) is 11.8 Å². The molecule has 0 saturated carbocycles. The van der Waals surface area contributed by atoms with Crippen LogP contribution in [0, 0.1) is 0 Å². The monoisotopic (exact) mass is 651 g/mol. The molecule has 9 aromatic rings. The van der Waals surface area contributed by atoms with Gasteiger partial charge in [-0.15, -0.1) is 0 Å². The van der Waals surface area contributed by atoms with Crippen LogP contribution in [-0.4, -0.2) is 14.5 Å². The fraction of sp³-hybridized carbons (Fsp3) is 0.0698. The summed E-state index contributed by atoms with van der Waals surface area (Å²) in [4.78, 5) is 12.7. The predicted octanol–water partition coefficient (Wildman–Crippen LogP) is 11.7. The van der Waals surface area contributed by atoms with Gasteiger partial charge in [0.2, 0.25) is 11.8 Å². The van der Waals surface area contributed by atoms with Crippen molar-refractivity contribution >= 4 is 55.3 Å². The number of para-hydroxylation sites is 2. The van der Waals surface area contributed by atoms with Crippen molar-refractivity contribution in [3.05, 3.63) is 151 Å². The number of hydrogen-bond donors (Lipinski definition) is 0. The van der Waals surface area contributed by atoms with Crippen molar-refractivity contribution < 1.29 is 9.15 Å². The number of aromatic nitrogens is 3. The van der Waals surface area contributed by atoms with Crippen LogP contribution in [0.5, 0.6) is 11.8 Å². The lowest BCUT2D eigenvalue weighted by Crippen LogP contribution is -2.22.